The van der Waals surface area contributed by atoms with E-state index in [1.807, 2.05) is 37.3 Å². The molecule has 0 fully saturated rings. The fourth-order valence-corrected chi connectivity index (χ4v) is 4.28. The van der Waals surface area contributed by atoms with Gasteiger partial charge >= 0.3 is 0 Å². The van der Waals surface area contributed by atoms with Crippen LogP contribution in [0.25, 0.3) is 10.8 Å². The number of anilines is 1. The fraction of sp³-hybridized carbons (Fsp3) is 0.182. The first-order valence-corrected chi connectivity index (χ1v) is 11.1. The predicted molar refractivity (Wildman–Crippen MR) is 112 cm³/mol. The van der Waals surface area contributed by atoms with Gasteiger partial charge in [-0.3, -0.25) is 14.5 Å². The molecular formula is C22H20N2O4S. The zero-order valence-corrected chi connectivity index (χ0v) is 16.9. The van der Waals surface area contributed by atoms with E-state index in [4.69, 9.17) is 0 Å². The molecule has 1 N–H and O–H groups in total. The second-order valence-corrected chi connectivity index (χ2v) is 9.22. The van der Waals surface area contributed by atoms with Crippen LogP contribution >= 0.6 is 0 Å². The molecule has 0 saturated carbocycles. The van der Waals surface area contributed by atoms with Crippen LogP contribution in [0.5, 0.6) is 0 Å². The summed E-state index contributed by atoms with van der Waals surface area (Å²) < 4.78 is 23.2. The van der Waals surface area contributed by atoms with E-state index < -0.39 is 9.84 Å². The van der Waals surface area contributed by atoms with Crippen LogP contribution in [0, 0.1) is 0 Å². The lowest BCUT2D eigenvalue weighted by Gasteiger charge is -2.20. The van der Waals surface area contributed by atoms with Crippen molar-refractivity contribution in [3.63, 3.8) is 0 Å². The molecule has 1 heterocycles. The normalized spacial score (nSPS) is 14.3. The van der Waals surface area contributed by atoms with Gasteiger partial charge in [-0.25, -0.2) is 8.42 Å². The molecule has 0 radical (unpaired) electrons. The Bertz CT molecular complexity index is 1230. The zero-order valence-electron chi connectivity index (χ0n) is 16.0. The number of amides is 2. The molecule has 0 aliphatic carbocycles. The quantitative estimate of drug-likeness (QED) is 0.703. The zero-order chi connectivity index (χ0) is 20.8. The molecule has 1 aliphatic rings. The third-order valence-electron chi connectivity index (χ3n) is 5.14. The molecule has 0 bridgehead atoms. The van der Waals surface area contributed by atoms with E-state index >= 15 is 0 Å². The summed E-state index contributed by atoms with van der Waals surface area (Å²) in [5.41, 5.74) is 2.13. The molecule has 2 amide bonds. The third-order valence-corrected chi connectivity index (χ3v) is 6.26. The summed E-state index contributed by atoms with van der Waals surface area (Å²) >= 11 is 0. The molecule has 29 heavy (non-hydrogen) atoms. The molecule has 0 unspecified atom stereocenters. The molecule has 148 valence electrons. The summed E-state index contributed by atoms with van der Waals surface area (Å²) in [4.78, 5) is 27.1. The van der Waals surface area contributed by atoms with E-state index in [9.17, 15) is 18.0 Å². The Morgan fingerprint density at radius 2 is 1.69 bits per heavy atom. The lowest BCUT2D eigenvalue weighted by molar-refractivity contribution is -0.120. The topological polar surface area (TPSA) is 83.6 Å². The van der Waals surface area contributed by atoms with Gasteiger partial charge in [0.2, 0.25) is 5.91 Å². The van der Waals surface area contributed by atoms with Crippen LogP contribution in [0.2, 0.25) is 0 Å². The Morgan fingerprint density at radius 3 is 2.34 bits per heavy atom. The van der Waals surface area contributed by atoms with E-state index in [-0.39, 0.29) is 29.3 Å². The minimum absolute atomic E-state index is 0.0849. The molecular weight excluding hydrogens is 388 g/mol. The standard InChI is InChI=1S/C22H20N2O4S/c1-14(15-9-11-17(12-10-15)29(2,27)28)23-20(25)13-24-19-8-4-6-16-5-3-7-18(21(16)19)22(24)26/h3-12,14H,13H2,1-2H3,(H,23,25)/t14-/m0/s1. The number of hydrogen-bond acceptors (Lipinski definition) is 4. The summed E-state index contributed by atoms with van der Waals surface area (Å²) in [6.07, 6.45) is 1.15. The van der Waals surface area contributed by atoms with E-state index in [2.05, 4.69) is 5.32 Å². The van der Waals surface area contributed by atoms with Gasteiger partial charge < -0.3 is 5.32 Å². The second kappa shape index (κ2) is 7.00. The molecule has 6 nitrogen and oxygen atoms in total. The van der Waals surface area contributed by atoms with Crippen LogP contribution in [0.1, 0.15) is 28.9 Å². The van der Waals surface area contributed by atoms with Gasteiger partial charge in [0.15, 0.2) is 9.84 Å². The van der Waals surface area contributed by atoms with Crippen molar-refractivity contribution in [1.82, 2.24) is 5.32 Å². The van der Waals surface area contributed by atoms with E-state index in [1.165, 1.54) is 17.0 Å². The van der Waals surface area contributed by atoms with Crippen molar-refractivity contribution >= 4 is 38.1 Å². The number of nitrogens with one attached hydrogen (secondary N) is 1. The maximum absolute atomic E-state index is 12.8. The van der Waals surface area contributed by atoms with Crippen molar-refractivity contribution < 1.29 is 18.0 Å². The minimum Gasteiger partial charge on any atom is -0.348 e. The summed E-state index contributed by atoms with van der Waals surface area (Å²) in [5.74, 6) is -0.472. The van der Waals surface area contributed by atoms with Gasteiger partial charge in [-0.05, 0) is 42.1 Å². The fourth-order valence-electron chi connectivity index (χ4n) is 3.65. The number of rotatable bonds is 5. The van der Waals surface area contributed by atoms with Gasteiger partial charge in [-0.15, -0.1) is 0 Å². The Kier molecular flexibility index (Phi) is 4.62. The summed E-state index contributed by atoms with van der Waals surface area (Å²) in [7, 11) is -3.27. The first-order valence-electron chi connectivity index (χ1n) is 9.19. The molecule has 3 aromatic carbocycles. The largest absolute Gasteiger partial charge is 0.348 e. The highest BCUT2D eigenvalue weighted by Crippen LogP contribution is 2.36. The second-order valence-electron chi connectivity index (χ2n) is 7.20. The molecule has 1 aliphatic heterocycles. The highest BCUT2D eigenvalue weighted by molar-refractivity contribution is 7.90. The molecule has 3 aromatic rings. The molecule has 0 aromatic heterocycles. The Hall–Kier alpha value is -3.19. The van der Waals surface area contributed by atoms with Gasteiger partial charge in [-0.1, -0.05) is 36.4 Å². The van der Waals surface area contributed by atoms with E-state index in [0.717, 1.165) is 28.3 Å². The van der Waals surface area contributed by atoms with Gasteiger partial charge in [0.25, 0.3) is 5.91 Å². The van der Waals surface area contributed by atoms with Crippen molar-refractivity contribution in [2.75, 3.05) is 17.7 Å². The third kappa shape index (κ3) is 3.49. The Balaban J connectivity index is 1.49. The van der Waals surface area contributed by atoms with Crippen LogP contribution in [0.3, 0.4) is 0 Å². The molecule has 4 rings (SSSR count). The molecule has 1 atom stereocenters. The summed E-state index contributed by atoms with van der Waals surface area (Å²) in [6.45, 7) is 1.73. The first kappa shape index (κ1) is 19.1. The maximum atomic E-state index is 12.8. The van der Waals surface area contributed by atoms with Gasteiger partial charge in [0.1, 0.15) is 6.54 Å². The molecule has 0 saturated heterocycles. The van der Waals surface area contributed by atoms with Crippen LogP contribution in [0.15, 0.2) is 65.6 Å². The minimum atomic E-state index is -3.27. The number of carbonyl (C=O) groups excluding carboxylic acids is 2. The average molecular weight is 408 g/mol. The predicted octanol–water partition coefficient (Wildman–Crippen LogP) is 3.08. The molecule has 0 spiro atoms. The van der Waals surface area contributed by atoms with Crippen molar-refractivity contribution in [3.8, 4) is 0 Å². The first-order chi connectivity index (χ1) is 13.8. The number of carbonyl (C=O) groups is 2. The average Bonchev–Trinajstić information content (AvgIpc) is 2.95. The van der Waals surface area contributed by atoms with Crippen LogP contribution in [-0.4, -0.2) is 33.0 Å². The highest BCUT2D eigenvalue weighted by atomic mass is 32.2. The Morgan fingerprint density at radius 1 is 1.03 bits per heavy atom. The highest BCUT2D eigenvalue weighted by Gasteiger charge is 2.31. The van der Waals surface area contributed by atoms with Crippen molar-refractivity contribution in [3.05, 3.63) is 71.8 Å². The van der Waals surface area contributed by atoms with Gasteiger partial charge in [-0.2, -0.15) is 0 Å². The van der Waals surface area contributed by atoms with Crippen LogP contribution < -0.4 is 10.2 Å². The number of hydrogen-bond donors (Lipinski definition) is 1. The number of nitrogens with zero attached hydrogens (tertiary/aromatic N) is 1. The number of benzene rings is 3. The van der Waals surface area contributed by atoms with Gasteiger partial charge in [0.05, 0.1) is 16.6 Å². The van der Waals surface area contributed by atoms with Crippen molar-refractivity contribution in [2.45, 2.75) is 17.9 Å². The number of sulfone groups is 1. The van der Waals surface area contributed by atoms with Crippen LogP contribution in [-0.2, 0) is 14.6 Å². The van der Waals surface area contributed by atoms with Crippen molar-refractivity contribution in [1.29, 1.82) is 0 Å². The lowest BCUT2D eigenvalue weighted by atomic mass is 10.1. The van der Waals surface area contributed by atoms with E-state index in [0.29, 0.717) is 5.56 Å². The van der Waals surface area contributed by atoms with E-state index in [1.54, 1.807) is 18.2 Å². The molecule has 7 heteroatoms. The summed E-state index contributed by atoms with van der Waals surface area (Å²) in [6, 6.07) is 17.3. The smallest absolute Gasteiger partial charge is 0.259 e. The monoisotopic (exact) mass is 408 g/mol. The Labute approximate surface area is 169 Å². The van der Waals surface area contributed by atoms with Crippen molar-refractivity contribution in [2.24, 2.45) is 0 Å². The maximum Gasteiger partial charge on any atom is 0.259 e. The van der Waals surface area contributed by atoms with Crippen LogP contribution in [0.4, 0.5) is 5.69 Å². The lowest BCUT2D eigenvalue weighted by Crippen LogP contribution is -2.39. The van der Waals surface area contributed by atoms with Gasteiger partial charge in [0, 0.05) is 17.2 Å². The summed E-state index contributed by atoms with van der Waals surface area (Å²) in [5, 5.41) is 4.72. The SMILES string of the molecule is C[C@H](NC(=O)CN1C(=O)c2cccc3cccc1c23)c1ccc(S(C)(=O)=O)cc1.